The fourth-order valence-electron chi connectivity index (χ4n) is 1.76. The third-order valence-electron chi connectivity index (χ3n) is 3.21. The molecule has 0 aliphatic rings. The van der Waals surface area contributed by atoms with Crippen molar-refractivity contribution in [1.29, 1.82) is 0 Å². The van der Waals surface area contributed by atoms with E-state index in [0.29, 0.717) is 18.6 Å². The molecule has 0 atom stereocenters. The number of carbonyl (C=O) groups excluding carboxylic acids is 1. The van der Waals surface area contributed by atoms with E-state index in [1.165, 1.54) is 0 Å². The van der Waals surface area contributed by atoms with Crippen molar-refractivity contribution in [2.24, 2.45) is 0 Å². The van der Waals surface area contributed by atoms with E-state index in [1.54, 1.807) is 13.2 Å². The highest BCUT2D eigenvalue weighted by atomic mass is 16.5. The summed E-state index contributed by atoms with van der Waals surface area (Å²) < 4.78 is 10.8. The van der Waals surface area contributed by atoms with Gasteiger partial charge in [-0.1, -0.05) is 18.2 Å². The molecule has 0 radical (unpaired) electrons. The Morgan fingerprint density at radius 3 is 2.72 bits per heavy atom. The molecule has 0 unspecified atom stereocenters. The normalized spacial score (nSPS) is 11.9. The Balaban J connectivity index is 2.09. The lowest BCUT2D eigenvalue weighted by atomic mass is 10.00. The van der Waals surface area contributed by atoms with Crippen molar-refractivity contribution in [2.45, 2.75) is 32.3 Å². The summed E-state index contributed by atoms with van der Waals surface area (Å²) >= 11 is 0. The van der Waals surface area contributed by atoms with E-state index >= 15 is 0 Å². The zero-order valence-corrected chi connectivity index (χ0v) is 11.0. The van der Waals surface area contributed by atoms with E-state index in [9.17, 15) is 4.79 Å². The van der Waals surface area contributed by atoms with E-state index in [0.717, 1.165) is 11.0 Å². The summed E-state index contributed by atoms with van der Waals surface area (Å²) in [5.74, 6) is 0.458. The van der Waals surface area contributed by atoms with E-state index < -0.39 is 0 Å². The average Bonchev–Trinajstić information content (AvgIpc) is 2.80. The van der Waals surface area contributed by atoms with Crippen LogP contribution < -0.4 is 0 Å². The van der Waals surface area contributed by atoms with E-state index in [-0.39, 0.29) is 11.4 Å². The van der Waals surface area contributed by atoms with E-state index in [1.807, 2.05) is 38.1 Å². The lowest BCUT2D eigenvalue weighted by Gasteiger charge is -2.21. The summed E-state index contributed by atoms with van der Waals surface area (Å²) in [6.45, 7) is 3.94. The lowest BCUT2D eigenvalue weighted by molar-refractivity contribution is 0.0140. The number of methoxy groups -OCH3 is 1. The molecule has 1 aromatic carbocycles. The van der Waals surface area contributed by atoms with Gasteiger partial charge >= 0.3 is 0 Å². The van der Waals surface area contributed by atoms with Gasteiger partial charge in [-0.15, -0.1) is 0 Å². The summed E-state index contributed by atoms with van der Waals surface area (Å²) in [5, 5.41) is 0.965. The Kier molecular flexibility index (Phi) is 3.53. The Labute approximate surface area is 107 Å². The molecule has 0 bridgehead atoms. The van der Waals surface area contributed by atoms with Gasteiger partial charge in [0.1, 0.15) is 5.58 Å². The van der Waals surface area contributed by atoms with Crippen LogP contribution in [0.5, 0.6) is 0 Å². The minimum atomic E-state index is -0.276. The summed E-state index contributed by atoms with van der Waals surface area (Å²) in [5.41, 5.74) is 0.480. The van der Waals surface area contributed by atoms with Gasteiger partial charge in [-0.25, -0.2) is 0 Å². The number of furan rings is 1. The maximum atomic E-state index is 12.0. The van der Waals surface area contributed by atoms with Gasteiger partial charge in [-0.3, -0.25) is 4.79 Å². The van der Waals surface area contributed by atoms with E-state index in [4.69, 9.17) is 9.15 Å². The minimum Gasteiger partial charge on any atom is -0.453 e. The van der Waals surface area contributed by atoms with Crippen molar-refractivity contribution in [2.75, 3.05) is 7.11 Å². The number of benzene rings is 1. The lowest BCUT2D eigenvalue weighted by Crippen LogP contribution is -2.23. The van der Waals surface area contributed by atoms with Crippen LogP contribution in [0.3, 0.4) is 0 Å². The second kappa shape index (κ2) is 4.94. The highest BCUT2D eigenvalue weighted by Crippen LogP contribution is 2.22. The van der Waals surface area contributed by atoms with Gasteiger partial charge in [0.15, 0.2) is 11.5 Å². The molecule has 0 fully saturated rings. The molecular formula is C15H18O3. The van der Waals surface area contributed by atoms with Crippen molar-refractivity contribution < 1.29 is 13.9 Å². The Bertz CT molecular complexity index is 519. The van der Waals surface area contributed by atoms with Gasteiger partial charge in [0.05, 0.1) is 5.60 Å². The molecule has 3 heteroatoms. The molecule has 1 heterocycles. The maximum Gasteiger partial charge on any atom is 0.198 e. The first-order valence-corrected chi connectivity index (χ1v) is 6.09. The predicted octanol–water partition coefficient (Wildman–Crippen LogP) is 3.82. The molecule has 3 nitrogen and oxygen atoms in total. The van der Waals surface area contributed by atoms with Crippen LogP contribution in [0, 0.1) is 0 Å². The first-order chi connectivity index (χ1) is 8.52. The number of fused-ring (bicyclic) bond motifs is 1. The molecule has 18 heavy (non-hydrogen) atoms. The summed E-state index contributed by atoms with van der Waals surface area (Å²) in [7, 11) is 1.66. The van der Waals surface area contributed by atoms with Gasteiger partial charge in [0.25, 0.3) is 0 Å². The largest absolute Gasteiger partial charge is 0.453 e. The third-order valence-corrected chi connectivity index (χ3v) is 3.21. The minimum absolute atomic E-state index is 0.0244. The summed E-state index contributed by atoms with van der Waals surface area (Å²) in [6, 6.07) is 9.44. The highest BCUT2D eigenvalue weighted by molar-refractivity contribution is 5.97. The number of ketones is 1. The van der Waals surface area contributed by atoms with E-state index in [2.05, 4.69) is 0 Å². The Hall–Kier alpha value is -1.61. The van der Waals surface area contributed by atoms with Crippen LogP contribution in [-0.4, -0.2) is 18.5 Å². The highest BCUT2D eigenvalue weighted by Gasteiger charge is 2.20. The van der Waals surface area contributed by atoms with Crippen LogP contribution in [0.1, 0.15) is 37.2 Å². The Morgan fingerprint density at radius 1 is 1.33 bits per heavy atom. The molecule has 0 saturated carbocycles. The smallest absolute Gasteiger partial charge is 0.198 e. The number of hydrogen-bond acceptors (Lipinski definition) is 3. The van der Waals surface area contributed by atoms with Crippen LogP contribution in [0.15, 0.2) is 34.7 Å². The van der Waals surface area contributed by atoms with Crippen LogP contribution in [0.2, 0.25) is 0 Å². The SMILES string of the molecule is COC(C)(C)CCC(=O)c1cc2ccccc2o1. The fraction of sp³-hybridized carbons (Fsp3) is 0.400. The molecule has 0 aliphatic carbocycles. The number of Topliss-reactive ketones (excluding diaryl/α,β-unsaturated/α-hetero) is 1. The van der Waals surface area contributed by atoms with Crippen molar-refractivity contribution in [3.63, 3.8) is 0 Å². The number of rotatable bonds is 5. The first kappa shape index (κ1) is 12.8. The average molecular weight is 246 g/mol. The van der Waals surface area contributed by atoms with Crippen LogP contribution >= 0.6 is 0 Å². The number of ether oxygens (including phenoxy) is 1. The van der Waals surface area contributed by atoms with Gasteiger partial charge in [-0.05, 0) is 32.4 Å². The zero-order valence-electron chi connectivity index (χ0n) is 11.0. The molecule has 0 spiro atoms. The number of para-hydroxylation sites is 1. The van der Waals surface area contributed by atoms with Crippen molar-refractivity contribution >= 4 is 16.8 Å². The second-order valence-corrected chi connectivity index (χ2v) is 5.04. The van der Waals surface area contributed by atoms with Crippen LogP contribution in [0.25, 0.3) is 11.0 Å². The van der Waals surface area contributed by atoms with Crippen molar-refractivity contribution in [3.05, 3.63) is 36.1 Å². The summed E-state index contributed by atoms with van der Waals surface area (Å²) in [6.07, 6.45) is 1.11. The molecule has 1 aromatic heterocycles. The molecular weight excluding hydrogens is 228 g/mol. The number of carbonyl (C=O) groups is 1. The first-order valence-electron chi connectivity index (χ1n) is 6.09. The molecule has 2 rings (SSSR count). The maximum absolute atomic E-state index is 12.0. The zero-order chi connectivity index (χ0) is 13.2. The molecule has 0 saturated heterocycles. The van der Waals surface area contributed by atoms with Crippen LogP contribution in [0.4, 0.5) is 0 Å². The van der Waals surface area contributed by atoms with Crippen molar-refractivity contribution in [3.8, 4) is 0 Å². The third kappa shape index (κ3) is 2.79. The standard InChI is InChI=1S/C15H18O3/c1-15(2,17-3)9-8-12(16)14-10-11-6-4-5-7-13(11)18-14/h4-7,10H,8-9H2,1-3H3. The van der Waals surface area contributed by atoms with Gasteiger partial charge in [0.2, 0.25) is 0 Å². The molecule has 0 aliphatic heterocycles. The quantitative estimate of drug-likeness (QED) is 0.753. The molecule has 0 amide bonds. The van der Waals surface area contributed by atoms with Gasteiger partial charge in [0, 0.05) is 18.9 Å². The predicted molar refractivity (Wildman–Crippen MR) is 70.9 cm³/mol. The number of hydrogen-bond donors (Lipinski definition) is 0. The van der Waals surface area contributed by atoms with Crippen molar-refractivity contribution in [1.82, 2.24) is 0 Å². The molecule has 96 valence electrons. The topological polar surface area (TPSA) is 39.4 Å². The summed E-state index contributed by atoms with van der Waals surface area (Å²) in [4.78, 5) is 12.0. The fourth-order valence-corrected chi connectivity index (χ4v) is 1.76. The molecule has 0 N–H and O–H groups in total. The second-order valence-electron chi connectivity index (χ2n) is 5.04. The van der Waals surface area contributed by atoms with Gasteiger partial charge in [-0.2, -0.15) is 0 Å². The monoisotopic (exact) mass is 246 g/mol. The molecule has 2 aromatic rings. The Morgan fingerprint density at radius 2 is 2.06 bits per heavy atom. The van der Waals surface area contributed by atoms with Gasteiger partial charge < -0.3 is 9.15 Å². The van der Waals surface area contributed by atoms with Crippen LogP contribution in [-0.2, 0) is 4.74 Å².